The molecular formula is C14H26N4S. The molecule has 1 atom stereocenters. The third-order valence-electron chi connectivity index (χ3n) is 3.58. The Balaban J connectivity index is 1.85. The number of hydrogen-bond acceptors (Lipinski definition) is 5. The van der Waals surface area contributed by atoms with Crippen molar-refractivity contribution >= 4 is 16.7 Å². The Morgan fingerprint density at radius 2 is 2.26 bits per heavy atom. The van der Waals surface area contributed by atoms with Crippen LogP contribution in [0.5, 0.6) is 0 Å². The number of aryl methyl sites for hydroxylation is 1. The van der Waals surface area contributed by atoms with Crippen molar-refractivity contribution in [2.75, 3.05) is 31.1 Å². The molecule has 5 heteroatoms. The molecule has 1 N–H and O–H groups in total. The molecule has 1 fully saturated rings. The molecule has 1 aliphatic rings. The van der Waals surface area contributed by atoms with Crippen LogP contribution in [-0.2, 0) is 6.42 Å². The number of anilines is 1. The van der Waals surface area contributed by atoms with Crippen LogP contribution < -0.4 is 10.2 Å². The average Bonchev–Trinajstić information content (AvgIpc) is 2.89. The van der Waals surface area contributed by atoms with Gasteiger partial charge in [0.15, 0.2) is 0 Å². The average molecular weight is 282 g/mol. The summed E-state index contributed by atoms with van der Waals surface area (Å²) in [4.78, 5) is 7.10. The van der Waals surface area contributed by atoms with Crippen LogP contribution in [0.25, 0.3) is 0 Å². The highest BCUT2D eigenvalue weighted by Gasteiger charge is 2.22. The second-order valence-electron chi connectivity index (χ2n) is 5.40. The van der Waals surface area contributed by atoms with E-state index in [2.05, 4.69) is 33.4 Å². The molecule has 2 rings (SSSR count). The van der Waals surface area contributed by atoms with Crippen LogP contribution >= 0.6 is 11.5 Å². The molecule has 1 aromatic heterocycles. The van der Waals surface area contributed by atoms with Gasteiger partial charge in [-0.05, 0) is 44.7 Å². The molecule has 0 amide bonds. The zero-order valence-corrected chi connectivity index (χ0v) is 13.0. The molecule has 1 unspecified atom stereocenters. The summed E-state index contributed by atoms with van der Waals surface area (Å²) in [5.41, 5.74) is 0. The number of nitrogens with zero attached hydrogens (tertiary/aromatic N) is 3. The van der Waals surface area contributed by atoms with Gasteiger partial charge < -0.3 is 10.2 Å². The molecule has 2 heterocycles. The van der Waals surface area contributed by atoms with E-state index in [0.717, 1.165) is 55.9 Å². The van der Waals surface area contributed by atoms with E-state index in [9.17, 15) is 0 Å². The van der Waals surface area contributed by atoms with Gasteiger partial charge in [0.05, 0.1) is 0 Å². The molecule has 1 aliphatic heterocycles. The summed E-state index contributed by atoms with van der Waals surface area (Å²) in [5, 5.41) is 4.67. The highest BCUT2D eigenvalue weighted by molar-refractivity contribution is 7.09. The molecule has 4 nitrogen and oxygen atoms in total. The molecule has 108 valence electrons. The first-order chi connectivity index (χ1) is 9.33. The van der Waals surface area contributed by atoms with Crippen molar-refractivity contribution in [2.45, 2.75) is 46.0 Å². The maximum Gasteiger partial charge on any atom is 0.205 e. The van der Waals surface area contributed by atoms with Crippen molar-refractivity contribution in [3.05, 3.63) is 5.82 Å². The van der Waals surface area contributed by atoms with Gasteiger partial charge in [0.1, 0.15) is 5.82 Å². The minimum absolute atomic E-state index is 0.763. The summed E-state index contributed by atoms with van der Waals surface area (Å²) in [6, 6.07) is 0. The van der Waals surface area contributed by atoms with E-state index in [1.165, 1.54) is 19.3 Å². The molecule has 19 heavy (non-hydrogen) atoms. The molecular weight excluding hydrogens is 256 g/mol. The molecule has 0 saturated carbocycles. The van der Waals surface area contributed by atoms with Crippen molar-refractivity contribution in [3.63, 3.8) is 0 Å². The van der Waals surface area contributed by atoms with Crippen LogP contribution in [0.1, 0.15) is 45.4 Å². The quantitative estimate of drug-likeness (QED) is 0.781. The number of nitrogens with one attached hydrogen (secondary N) is 1. The van der Waals surface area contributed by atoms with Crippen molar-refractivity contribution in [1.82, 2.24) is 14.7 Å². The predicted molar refractivity (Wildman–Crippen MR) is 82.0 cm³/mol. The normalized spacial score (nSPS) is 19.9. The fourth-order valence-corrected chi connectivity index (χ4v) is 3.33. The number of rotatable bonds is 7. The number of piperidine rings is 1. The van der Waals surface area contributed by atoms with E-state index in [-0.39, 0.29) is 0 Å². The maximum atomic E-state index is 4.67. The fourth-order valence-electron chi connectivity index (χ4n) is 2.59. The fraction of sp³-hybridized carbons (Fsp3) is 0.857. The second-order valence-corrected chi connectivity index (χ2v) is 6.13. The summed E-state index contributed by atoms with van der Waals surface area (Å²) in [7, 11) is 0. The van der Waals surface area contributed by atoms with Crippen LogP contribution in [0.4, 0.5) is 5.13 Å². The molecule has 0 bridgehead atoms. The Labute approximate surface area is 120 Å². The zero-order valence-electron chi connectivity index (χ0n) is 12.2. The van der Waals surface area contributed by atoms with Crippen LogP contribution in [0, 0.1) is 5.92 Å². The predicted octanol–water partition coefficient (Wildman–Crippen LogP) is 2.71. The summed E-state index contributed by atoms with van der Waals surface area (Å²) < 4.78 is 4.45. The first-order valence-corrected chi connectivity index (χ1v) is 8.39. The van der Waals surface area contributed by atoms with Gasteiger partial charge in [-0.15, -0.1) is 0 Å². The second kappa shape index (κ2) is 7.80. The Morgan fingerprint density at radius 1 is 1.37 bits per heavy atom. The Hall–Kier alpha value is -0.680. The van der Waals surface area contributed by atoms with Crippen molar-refractivity contribution in [1.29, 1.82) is 0 Å². The van der Waals surface area contributed by atoms with Gasteiger partial charge in [-0.25, -0.2) is 4.98 Å². The van der Waals surface area contributed by atoms with Crippen LogP contribution in [0.15, 0.2) is 0 Å². The van der Waals surface area contributed by atoms with E-state index in [4.69, 9.17) is 0 Å². The van der Waals surface area contributed by atoms with Gasteiger partial charge in [-0.3, -0.25) is 0 Å². The monoisotopic (exact) mass is 282 g/mol. The molecule has 0 spiro atoms. The lowest BCUT2D eigenvalue weighted by Crippen LogP contribution is -2.39. The van der Waals surface area contributed by atoms with E-state index >= 15 is 0 Å². The molecule has 1 aromatic rings. The first-order valence-electron chi connectivity index (χ1n) is 7.61. The Kier molecular flexibility index (Phi) is 6.04. The molecule has 1 saturated heterocycles. The van der Waals surface area contributed by atoms with Crippen molar-refractivity contribution in [3.8, 4) is 0 Å². The third kappa shape index (κ3) is 4.42. The maximum absolute atomic E-state index is 4.67. The Bertz CT molecular complexity index is 366. The van der Waals surface area contributed by atoms with E-state index in [0.29, 0.717) is 0 Å². The minimum atomic E-state index is 0.763. The SMILES string of the molecule is CCCNCC1CCCN(c2nc(CCC)ns2)C1. The van der Waals surface area contributed by atoms with Crippen molar-refractivity contribution < 1.29 is 0 Å². The van der Waals surface area contributed by atoms with E-state index in [1.54, 1.807) is 11.5 Å². The third-order valence-corrected chi connectivity index (χ3v) is 4.40. The van der Waals surface area contributed by atoms with Gasteiger partial charge in [0, 0.05) is 31.0 Å². The van der Waals surface area contributed by atoms with Crippen LogP contribution in [0.3, 0.4) is 0 Å². The van der Waals surface area contributed by atoms with Gasteiger partial charge in [-0.1, -0.05) is 13.8 Å². The summed E-state index contributed by atoms with van der Waals surface area (Å²) in [6.45, 7) is 8.96. The molecule has 0 aromatic carbocycles. The summed E-state index contributed by atoms with van der Waals surface area (Å²) in [5.74, 6) is 1.78. The summed E-state index contributed by atoms with van der Waals surface area (Å²) >= 11 is 1.57. The van der Waals surface area contributed by atoms with Crippen molar-refractivity contribution in [2.24, 2.45) is 5.92 Å². The number of aromatic nitrogens is 2. The lowest BCUT2D eigenvalue weighted by Gasteiger charge is -2.32. The highest BCUT2D eigenvalue weighted by atomic mass is 32.1. The summed E-state index contributed by atoms with van der Waals surface area (Å²) in [6.07, 6.45) is 5.97. The van der Waals surface area contributed by atoms with Crippen LogP contribution in [0.2, 0.25) is 0 Å². The lowest BCUT2D eigenvalue weighted by molar-refractivity contribution is 0.392. The van der Waals surface area contributed by atoms with Gasteiger partial charge in [0.2, 0.25) is 5.13 Å². The topological polar surface area (TPSA) is 41.0 Å². The number of hydrogen-bond donors (Lipinski definition) is 1. The largest absolute Gasteiger partial charge is 0.347 e. The zero-order chi connectivity index (χ0) is 13.5. The first kappa shape index (κ1) is 14.7. The minimum Gasteiger partial charge on any atom is -0.347 e. The smallest absolute Gasteiger partial charge is 0.205 e. The standard InChI is InChI=1S/C14H26N4S/c1-3-6-13-16-14(19-17-13)18-9-5-7-12(11-18)10-15-8-4-2/h12,15H,3-11H2,1-2H3. The van der Waals surface area contributed by atoms with Gasteiger partial charge in [0.25, 0.3) is 0 Å². The Morgan fingerprint density at radius 3 is 3.05 bits per heavy atom. The molecule has 0 radical (unpaired) electrons. The lowest BCUT2D eigenvalue weighted by atomic mass is 9.98. The highest BCUT2D eigenvalue weighted by Crippen LogP contribution is 2.24. The molecule has 0 aliphatic carbocycles. The van der Waals surface area contributed by atoms with E-state index < -0.39 is 0 Å². The van der Waals surface area contributed by atoms with Gasteiger partial charge in [-0.2, -0.15) is 4.37 Å². The van der Waals surface area contributed by atoms with E-state index in [1.807, 2.05) is 0 Å². The van der Waals surface area contributed by atoms with Gasteiger partial charge >= 0.3 is 0 Å². The van der Waals surface area contributed by atoms with Crippen LogP contribution in [-0.4, -0.2) is 35.5 Å².